The Morgan fingerprint density at radius 3 is 2.70 bits per heavy atom. The number of thioether (sulfide) groups is 1. The largest absolute Gasteiger partial charge is 0.384 e. The van der Waals surface area contributed by atoms with Gasteiger partial charge in [-0.3, -0.25) is 14.4 Å². The summed E-state index contributed by atoms with van der Waals surface area (Å²) < 4.78 is -0.534. The number of hydrogen-bond donors (Lipinski definition) is 4. The molecule has 4 N–H and O–H groups in total. The molecule has 1 saturated heterocycles. The molecule has 5 rings (SSSR count). The predicted molar refractivity (Wildman–Crippen MR) is 158 cm³/mol. The minimum Gasteiger partial charge on any atom is -0.384 e. The van der Waals surface area contributed by atoms with Gasteiger partial charge in [-0.1, -0.05) is 48.6 Å². The van der Waals surface area contributed by atoms with Gasteiger partial charge in [0.05, 0.1) is 11.9 Å². The van der Waals surface area contributed by atoms with E-state index in [0.29, 0.717) is 5.56 Å². The number of carbonyl (C=O) groups excluding carboxylic acids is 3. The molecule has 0 bridgehead atoms. The number of nitrogens with zero attached hydrogens (tertiary/aromatic N) is 1. The second-order valence-electron chi connectivity index (χ2n) is 11.3. The number of aliphatic hydroxyl groups excluding tert-OH is 1. The molecule has 9 heteroatoms. The zero-order valence-electron chi connectivity index (χ0n) is 23.1. The molecule has 0 unspecified atom stereocenters. The van der Waals surface area contributed by atoms with Crippen LogP contribution in [-0.4, -0.2) is 69.1 Å². The Bertz CT molecular complexity index is 1280. The number of nitrogens with one attached hydrogen (secondary N) is 3. The Morgan fingerprint density at radius 1 is 1.15 bits per heavy atom. The summed E-state index contributed by atoms with van der Waals surface area (Å²) in [7, 11) is 0. The first kappa shape index (κ1) is 28.2. The Balaban J connectivity index is 1.37. The first-order chi connectivity index (χ1) is 19.2. The molecule has 0 radical (unpaired) electrons. The number of amides is 3. The van der Waals surface area contributed by atoms with Gasteiger partial charge in [-0.15, -0.1) is 11.8 Å². The molecule has 40 heavy (non-hydrogen) atoms. The van der Waals surface area contributed by atoms with Crippen molar-refractivity contribution in [3.05, 3.63) is 77.4 Å². The topological polar surface area (TPSA) is 111 Å². The number of allylic oxidation sites excluding steroid dienone is 1. The van der Waals surface area contributed by atoms with Crippen LogP contribution in [-0.2, 0) is 22.4 Å². The molecule has 3 amide bonds. The molecule has 212 valence electrons. The number of hydrogen-bond acceptors (Lipinski definition) is 6. The van der Waals surface area contributed by atoms with E-state index in [1.165, 1.54) is 16.7 Å². The van der Waals surface area contributed by atoms with Crippen LogP contribution < -0.4 is 16.0 Å². The van der Waals surface area contributed by atoms with E-state index in [9.17, 15) is 19.5 Å². The van der Waals surface area contributed by atoms with Crippen molar-refractivity contribution in [2.75, 3.05) is 17.7 Å². The van der Waals surface area contributed by atoms with Crippen molar-refractivity contribution in [1.29, 1.82) is 0 Å². The third-order valence-corrected chi connectivity index (χ3v) is 9.39. The molecular weight excluding hydrogens is 524 g/mol. The normalized spacial score (nSPS) is 22.6. The average Bonchev–Trinajstić information content (AvgIpc) is 3.56. The monoisotopic (exact) mass is 562 g/mol. The van der Waals surface area contributed by atoms with E-state index in [1.807, 2.05) is 62.4 Å². The van der Waals surface area contributed by atoms with Gasteiger partial charge in [0.2, 0.25) is 5.91 Å². The molecular formula is C31H38N4O4S. The van der Waals surface area contributed by atoms with Crippen LogP contribution in [0.15, 0.2) is 60.7 Å². The van der Waals surface area contributed by atoms with Crippen molar-refractivity contribution in [2.24, 2.45) is 0 Å². The quantitative estimate of drug-likeness (QED) is 0.368. The Hall–Kier alpha value is -3.30. The van der Waals surface area contributed by atoms with Crippen LogP contribution in [0.4, 0.5) is 5.69 Å². The highest BCUT2D eigenvalue weighted by molar-refractivity contribution is 8.00. The SMILES string of the molecule is CC1(C)SCN(C(=O)[C@@H](O)[C@H](Cc2ccccc2)NC(=O)c2cccc3c2CCN3)[C@@H]1C(=O)N[C@@H]1C=CCCC1. The van der Waals surface area contributed by atoms with Crippen LogP contribution in [0.1, 0.15) is 54.6 Å². The minimum atomic E-state index is -1.53. The molecule has 1 aliphatic carbocycles. The van der Waals surface area contributed by atoms with Gasteiger partial charge >= 0.3 is 0 Å². The summed E-state index contributed by atoms with van der Waals surface area (Å²) in [6.07, 6.45) is 6.43. The number of anilines is 1. The van der Waals surface area contributed by atoms with Gasteiger partial charge in [0, 0.05) is 28.6 Å². The maximum absolute atomic E-state index is 13.9. The molecule has 2 aliphatic heterocycles. The highest BCUT2D eigenvalue weighted by Crippen LogP contribution is 2.40. The van der Waals surface area contributed by atoms with Gasteiger partial charge in [-0.05, 0) is 69.2 Å². The standard InChI is InChI=1S/C31H38N4O4S/c1-31(2)27(29(38)33-21-12-7-4-8-13-21)35(19-40-31)30(39)26(36)25(18-20-10-5-3-6-11-20)34-28(37)23-14-9-15-24-22(23)16-17-32-24/h3,5-7,9-12,14-15,21,25-27,32,36H,4,8,13,16-19H2,1-2H3,(H,33,38)(H,34,37)/t21-,25+,26+,27-/m1/s1. The molecule has 2 aromatic carbocycles. The van der Waals surface area contributed by atoms with E-state index in [4.69, 9.17) is 0 Å². The summed E-state index contributed by atoms with van der Waals surface area (Å²) in [5.41, 5.74) is 3.29. The zero-order valence-corrected chi connectivity index (χ0v) is 23.9. The highest BCUT2D eigenvalue weighted by Gasteiger charge is 2.50. The van der Waals surface area contributed by atoms with Crippen molar-refractivity contribution in [1.82, 2.24) is 15.5 Å². The van der Waals surface area contributed by atoms with Gasteiger partial charge in [0.25, 0.3) is 11.8 Å². The number of rotatable bonds is 8. The molecule has 2 heterocycles. The van der Waals surface area contributed by atoms with Crippen LogP contribution >= 0.6 is 11.8 Å². The number of fused-ring (bicyclic) bond motifs is 1. The van der Waals surface area contributed by atoms with Gasteiger partial charge in [0.1, 0.15) is 6.04 Å². The molecule has 0 aromatic heterocycles. The van der Waals surface area contributed by atoms with Crippen molar-refractivity contribution in [3.8, 4) is 0 Å². The fourth-order valence-corrected chi connectivity index (χ4v) is 7.00. The van der Waals surface area contributed by atoms with E-state index < -0.39 is 28.8 Å². The van der Waals surface area contributed by atoms with Crippen molar-refractivity contribution in [2.45, 2.75) is 74.9 Å². The second kappa shape index (κ2) is 12.1. The molecule has 3 aliphatic rings. The lowest BCUT2D eigenvalue weighted by atomic mass is 9.96. The molecule has 1 fully saturated rings. The summed E-state index contributed by atoms with van der Waals surface area (Å²) in [6, 6.07) is 13.3. The van der Waals surface area contributed by atoms with Crippen LogP contribution in [0.5, 0.6) is 0 Å². The lowest BCUT2D eigenvalue weighted by Crippen LogP contribution is -2.59. The van der Waals surface area contributed by atoms with Crippen LogP contribution in [0, 0.1) is 0 Å². The second-order valence-corrected chi connectivity index (χ2v) is 12.9. The smallest absolute Gasteiger partial charge is 0.254 e. The summed E-state index contributed by atoms with van der Waals surface area (Å²) in [5.74, 6) is -0.824. The lowest BCUT2D eigenvalue weighted by Gasteiger charge is -2.34. The van der Waals surface area contributed by atoms with Gasteiger partial charge in [-0.25, -0.2) is 0 Å². The first-order valence-corrected chi connectivity index (χ1v) is 15.0. The molecule has 0 spiro atoms. The fraction of sp³-hybridized carbons (Fsp3) is 0.452. The summed E-state index contributed by atoms with van der Waals surface area (Å²) in [6.45, 7) is 4.66. The van der Waals surface area contributed by atoms with Crippen molar-refractivity contribution < 1.29 is 19.5 Å². The molecule has 4 atom stereocenters. The van der Waals surface area contributed by atoms with E-state index in [2.05, 4.69) is 22.0 Å². The number of carbonyl (C=O) groups is 3. The average molecular weight is 563 g/mol. The van der Waals surface area contributed by atoms with E-state index in [1.54, 1.807) is 6.07 Å². The Labute approximate surface area is 240 Å². The zero-order chi connectivity index (χ0) is 28.3. The number of benzene rings is 2. The van der Waals surface area contributed by atoms with E-state index in [0.717, 1.165) is 49.0 Å². The Morgan fingerprint density at radius 2 is 1.95 bits per heavy atom. The van der Waals surface area contributed by atoms with Crippen LogP contribution in [0.2, 0.25) is 0 Å². The van der Waals surface area contributed by atoms with Crippen LogP contribution in [0.3, 0.4) is 0 Å². The van der Waals surface area contributed by atoms with E-state index in [-0.39, 0.29) is 30.2 Å². The predicted octanol–water partition coefficient (Wildman–Crippen LogP) is 3.26. The highest BCUT2D eigenvalue weighted by atomic mass is 32.2. The van der Waals surface area contributed by atoms with E-state index >= 15 is 0 Å². The maximum atomic E-state index is 13.9. The molecule has 0 saturated carbocycles. The fourth-order valence-electron chi connectivity index (χ4n) is 5.86. The third kappa shape index (κ3) is 6.05. The van der Waals surface area contributed by atoms with Gasteiger partial charge < -0.3 is 26.0 Å². The first-order valence-electron chi connectivity index (χ1n) is 14.0. The molecule has 8 nitrogen and oxygen atoms in total. The minimum absolute atomic E-state index is 0.0586. The Kier molecular flexibility index (Phi) is 8.51. The lowest BCUT2D eigenvalue weighted by molar-refractivity contribution is -0.147. The van der Waals surface area contributed by atoms with Crippen LogP contribution in [0.25, 0.3) is 0 Å². The van der Waals surface area contributed by atoms with Gasteiger partial charge in [0.15, 0.2) is 6.10 Å². The molecule has 2 aromatic rings. The maximum Gasteiger partial charge on any atom is 0.254 e. The van der Waals surface area contributed by atoms with Crippen molar-refractivity contribution >= 4 is 35.2 Å². The van der Waals surface area contributed by atoms with Crippen molar-refractivity contribution in [3.63, 3.8) is 0 Å². The third-order valence-electron chi connectivity index (χ3n) is 8.02. The summed E-state index contributed by atoms with van der Waals surface area (Å²) >= 11 is 1.51. The summed E-state index contributed by atoms with van der Waals surface area (Å²) in [5, 5.41) is 20.9. The number of aliphatic hydroxyl groups is 1. The van der Waals surface area contributed by atoms with Gasteiger partial charge in [-0.2, -0.15) is 0 Å². The summed E-state index contributed by atoms with van der Waals surface area (Å²) in [4.78, 5) is 42.4.